The molecule has 6 nitrogen and oxygen atoms in total. The number of rotatable bonds is 5. The molecule has 19 heavy (non-hydrogen) atoms. The number of ketones is 1. The molecule has 0 aromatic carbocycles. The lowest BCUT2D eigenvalue weighted by Gasteiger charge is -1.94. The van der Waals surface area contributed by atoms with E-state index in [-0.39, 0.29) is 16.4 Å². The van der Waals surface area contributed by atoms with Gasteiger partial charge in [-0.25, -0.2) is 9.78 Å². The van der Waals surface area contributed by atoms with Gasteiger partial charge in [-0.05, 0) is 6.42 Å². The van der Waals surface area contributed by atoms with Gasteiger partial charge in [-0.15, -0.1) is 11.3 Å². The maximum absolute atomic E-state index is 11.4. The van der Waals surface area contributed by atoms with E-state index in [1.54, 1.807) is 17.1 Å². The van der Waals surface area contributed by atoms with Crippen LogP contribution >= 0.6 is 11.3 Å². The molecule has 0 saturated heterocycles. The summed E-state index contributed by atoms with van der Waals surface area (Å²) in [6.07, 6.45) is 4.39. The van der Waals surface area contributed by atoms with Crippen LogP contribution in [0.15, 0.2) is 12.4 Å². The molecule has 0 atom stereocenters. The van der Waals surface area contributed by atoms with E-state index in [9.17, 15) is 9.59 Å². The van der Waals surface area contributed by atoms with Crippen molar-refractivity contribution in [3.05, 3.63) is 23.0 Å². The molecule has 2 aromatic rings. The zero-order valence-electron chi connectivity index (χ0n) is 10.6. The number of thiazole rings is 1. The van der Waals surface area contributed by atoms with Crippen LogP contribution in [0, 0.1) is 0 Å². The Bertz CT molecular complexity index is 598. The first-order valence-electron chi connectivity index (χ1n) is 5.80. The molecule has 0 amide bonds. The van der Waals surface area contributed by atoms with E-state index in [1.807, 2.05) is 6.92 Å². The van der Waals surface area contributed by atoms with Crippen LogP contribution in [-0.2, 0) is 6.54 Å². The van der Waals surface area contributed by atoms with E-state index in [2.05, 4.69) is 10.1 Å². The van der Waals surface area contributed by atoms with E-state index >= 15 is 0 Å². The highest BCUT2D eigenvalue weighted by molar-refractivity contribution is 7.17. The Balaban J connectivity index is 2.42. The third kappa shape index (κ3) is 2.70. The molecule has 0 aliphatic carbocycles. The highest BCUT2D eigenvalue weighted by atomic mass is 32.1. The SMILES string of the molecule is CCCn1cc(-c2nc(C(=O)O)c(C(C)=O)s2)cn1. The molecule has 100 valence electrons. The number of aryl methyl sites for hydroxylation is 1. The quantitative estimate of drug-likeness (QED) is 0.849. The van der Waals surface area contributed by atoms with Crippen LogP contribution in [-0.4, -0.2) is 31.6 Å². The van der Waals surface area contributed by atoms with Crippen LogP contribution in [0.4, 0.5) is 0 Å². The number of carboxylic acid groups (broad SMARTS) is 1. The molecular weight excluding hydrogens is 266 g/mol. The summed E-state index contributed by atoms with van der Waals surface area (Å²) in [5.41, 5.74) is 0.546. The minimum Gasteiger partial charge on any atom is -0.476 e. The topological polar surface area (TPSA) is 85.1 Å². The van der Waals surface area contributed by atoms with Gasteiger partial charge in [0, 0.05) is 25.2 Å². The highest BCUT2D eigenvalue weighted by Crippen LogP contribution is 2.28. The van der Waals surface area contributed by atoms with Gasteiger partial charge in [0.2, 0.25) is 0 Å². The molecular formula is C12H13N3O3S. The number of nitrogens with zero attached hydrogens (tertiary/aromatic N) is 3. The average Bonchev–Trinajstić information content (AvgIpc) is 2.94. The molecule has 0 radical (unpaired) electrons. The van der Waals surface area contributed by atoms with Crippen molar-refractivity contribution in [3.8, 4) is 10.6 Å². The smallest absolute Gasteiger partial charge is 0.356 e. The summed E-state index contributed by atoms with van der Waals surface area (Å²) < 4.78 is 1.77. The standard InChI is InChI=1S/C12H13N3O3S/c1-3-4-15-6-8(5-13-15)11-14-9(12(17)18)10(19-11)7(2)16/h5-6H,3-4H2,1-2H3,(H,17,18). The maximum Gasteiger partial charge on any atom is 0.356 e. The van der Waals surface area contributed by atoms with Gasteiger partial charge >= 0.3 is 5.97 Å². The van der Waals surface area contributed by atoms with Crippen molar-refractivity contribution in [1.82, 2.24) is 14.8 Å². The molecule has 0 saturated carbocycles. The predicted octanol–water partition coefficient (Wildman–Crippen LogP) is 2.32. The van der Waals surface area contributed by atoms with Gasteiger partial charge in [-0.3, -0.25) is 9.48 Å². The molecule has 0 fully saturated rings. The lowest BCUT2D eigenvalue weighted by Crippen LogP contribution is -2.03. The zero-order valence-corrected chi connectivity index (χ0v) is 11.4. The van der Waals surface area contributed by atoms with Crippen molar-refractivity contribution < 1.29 is 14.7 Å². The van der Waals surface area contributed by atoms with Gasteiger partial charge in [-0.1, -0.05) is 6.92 Å². The summed E-state index contributed by atoms with van der Waals surface area (Å²) in [6, 6.07) is 0. The number of aromatic nitrogens is 3. The number of carbonyl (C=O) groups is 2. The van der Waals surface area contributed by atoms with Gasteiger partial charge in [0.15, 0.2) is 11.5 Å². The van der Waals surface area contributed by atoms with Crippen LogP contribution in [0.3, 0.4) is 0 Å². The zero-order chi connectivity index (χ0) is 14.0. The Morgan fingerprint density at radius 3 is 2.74 bits per heavy atom. The molecule has 0 spiro atoms. The van der Waals surface area contributed by atoms with Crippen LogP contribution < -0.4 is 0 Å². The van der Waals surface area contributed by atoms with E-state index < -0.39 is 5.97 Å². The van der Waals surface area contributed by atoms with Gasteiger partial charge in [0.1, 0.15) is 9.88 Å². The van der Waals surface area contributed by atoms with Crippen molar-refractivity contribution >= 4 is 23.1 Å². The van der Waals surface area contributed by atoms with Gasteiger partial charge in [-0.2, -0.15) is 5.10 Å². The molecule has 1 N–H and O–H groups in total. The largest absolute Gasteiger partial charge is 0.476 e. The molecule has 2 aromatic heterocycles. The maximum atomic E-state index is 11.4. The van der Waals surface area contributed by atoms with Crippen LogP contribution in [0.5, 0.6) is 0 Å². The predicted molar refractivity (Wildman–Crippen MR) is 70.6 cm³/mol. The van der Waals surface area contributed by atoms with Crippen LogP contribution in [0.25, 0.3) is 10.6 Å². The molecule has 2 heterocycles. The fourth-order valence-corrected chi connectivity index (χ4v) is 2.58. The number of carbonyl (C=O) groups excluding carboxylic acids is 1. The summed E-state index contributed by atoms with van der Waals surface area (Å²) in [4.78, 5) is 26.7. The van der Waals surface area contributed by atoms with E-state index in [4.69, 9.17) is 5.11 Å². The van der Waals surface area contributed by atoms with Crippen molar-refractivity contribution in [3.63, 3.8) is 0 Å². The fraction of sp³-hybridized carbons (Fsp3) is 0.333. The third-order valence-corrected chi connectivity index (χ3v) is 3.69. The normalized spacial score (nSPS) is 10.6. The molecule has 0 aliphatic rings. The first kappa shape index (κ1) is 13.4. The van der Waals surface area contributed by atoms with E-state index in [0.717, 1.165) is 29.9 Å². The minimum atomic E-state index is -1.19. The van der Waals surface area contributed by atoms with Crippen molar-refractivity contribution in [2.45, 2.75) is 26.8 Å². The number of hydrogen-bond donors (Lipinski definition) is 1. The summed E-state index contributed by atoms with van der Waals surface area (Å²) >= 11 is 1.09. The molecule has 7 heteroatoms. The molecule has 2 rings (SSSR count). The second kappa shape index (κ2) is 5.31. The number of Topliss-reactive ketones (excluding diaryl/α,β-unsaturated/α-hetero) is 1. The van der Waals surface area contributed by atoms with Crippen molar-refractivity contribution in [2.24, 2.45) is 0 Å². The molecule has 0 unspecified atom stereocenters. The van der Waals surface area contributed by atoms with Crippen molar-refractivity contribution in [2.75, 3.05) is 0 Å². The summed E-state index contributed by atoms with van der Waals surface area (Å²) in [7, 11) is 0. The number of carboxylic acids is 1. The van der Waals surface area contributed by atoms with E-state index in [0.29, 0.717) is 5.01 Å². The Morgan fingerprint density at radius 2 is 2.21 bits per heavy atom. The fourth-order valence-electron chi connectivity index (χ4n) is 1.65. The Labute approximate surface area is 113 Å². The van der Waals surface area contributed by atoms with Gasteiger partial charge in [0.25, 0.3) is 0 Å². The molecule has 0 bridgehead atoms. The second-order valence-corrected chi connectivity index (χ2v) is 5.05. The number of aromatic carboxylic acids is 1. The highest BCUT2D eigenvalue weighted by Gasteiger charge is 2.21. The first-order valence-corrected chi connectivity index (χ1v) is 6.62. The van der Waals surface area contributed by atoms with Gasteiger partial charge < -0.3 is 5.11 Å². The Hall–Kier alpha value is -2.02. The first-order chi connectivity index (χ1) is 9.02. The van der Waals surface area contributed by atoms with Crippen molar-refractivity contribution in [1.29, 1.82) is 0 Å². The lowest BCUT2D eigenvalue weighted by atomic mass is 10.3. The minimum absolute atomic E-state index is 0.172. The molecule has 0 aliphatic heterocycles. The Kier molecular flexibility index (Phi) is 3.75. The Morgan fingerprint density at radius 1 is 1.47 bits per heavy atom. The monoisotopic (exact) mass is 279 g/mol. The lowest BCUT2D eigenvalue weighted by molar-refractivity contribution is 0.0687. The number of hydrogen-bond acceptors (Lipinski definition) is 5. The van der Waals surface area contributed by atoms with E-state index in [1.165, 1.54) is 6.92 Å². The average molecular weight is 279 g/mol. The third-order valence-electron chi connectivity index (χ3n) is 2.48. The van der Waals surface area contributed by atoms with Crippen LogP contribution in [0.2, 0.25) is 0 Å². The second-order valence-electron chi connectivity index (χ2n) is 4.05. The summed E-state index contributed by atoms with van der Waals surface area (Å²) in [5, 5.41) is 13.7. The summed E-state index contributed by atoms with van der Waals surface area (Å²) in [5.74, 6) is -1.48. The van der Waals surface area contributed by atoms with Gasteiger partial charge in [0.05, 0.1) is 6.20 Å². The van der Waals surface area contributed by atoms with Crippen LogP contribution in [0.1, 0.15) is 40.4 Å². The summed E-state index contributed by atoms with van der Waals surface area (Å²) in [6.45, 7) is 4.17.